The maximum atomic E-state index is 12.6. The van der Waals surface area contributed by atoms with Crippen molar-refractivity contribution < 1.29 is 32.2 Å². The monoisotopic (exact) mass is 656 g/mol. The second-order valence-corrected chi connectivity index (χ2v) is 12.1. The second kappa shape index (κ2) is 19.0. The molecule has 0 N–H and O–H groups in total. The molecule has 6 nitrogen and oxygen atoms in total. The lowest BCUT2D eigenvalue weighted by atomic mass is 9.97. The van der Waals surface area contributed by atoms with Gasteiger partial charge in [0.2, 0.25) is 0 Å². The van der Waals surface area contributed by atoms with Crippen molar-refractivity contribution in [3.05, 3.63) is 89.4 Å². The molecule has 0 bridgehead atoms. The Labute approximate surface area is 278 Å². The number of hydrogen-bond acceptors (Lipinski definition) is 6. The summed E-state index contributed by atoms with van der Waals surface area (Å²) >= 11 is 0. The first kappa shape index (κ1) is 41.0. The molecule has 0 radical (unpaired) electrons. The fourth-order valence-electron chi connectivity index (χ4n) is 4.77. The van der Waals surface area contributed by atoms with Crippen LogP contribution in [-0.2, 0) is 25.5 Å². The van der Waals surface area contributed by atoms with E-state index in [1.54, 1.807) is 27.0 Å². The zero-order valence-electron chi connectivity index (χ0n) is 29.4. The first-order valence-electron chi connectivity index (χ1n) is 15.6. The Balaban J connectivity index is 0.000000654. The number of rotatable bonds is 15. The molecular formula is C38H51F3N2O4. The van der Waals surface area contributed by atoms with Crippen molar-refractivity contribution >= 4 is 28.7 Å². The van der Waals surface area contributed by atoms with Crippen molar-refractivity contribution in [2.45, 2.75) is 86.7 Å². The highest BCUT2D eigenvalue weighted by Crippen LogP contribution is 2.62. The number of ether oxygens (including phenoxy) is 2. The summed E-state index contributed by atoms with van der Waals surface area (Å²) in [6.45, 7) is 20.7. The van der Waals surface area contributed by atoms with E-state index in [-0.39, 0.29) is 36.3 Å². The number of carbonyl (C=O) groups is 2. The zero-order valence-corrected chi connectivity index (χ0v) is 29.4. The number of carbonyl (C=O) groups excluding carboxylic acids is 2. The molecule has 9 heteroatoms. The van der Waals surface area contributed by atoms with Crippen molar-refractivity contribution in [2.75, 3.05) is 20.8 Å². The summed E-state index contributed by atoms with van der Waals surface area (Å²) in [5.41, 5.74) is 5.94. The Kier molecular flexibility index (Phi) is 16.6. The number of benzene rings is 1. The van der Waals surface area contributed by atoms with Gasteiger partial charge in [0, 0.05) is 44.4 Å². The van der Waals surface area contributed by atoms with Crippen LogP contribution in [0, 0.1) is 18.3 Å². The molecule has 0 aromatic heterocycles. The molecule has 0 heterocycles. The molecule has 1 aromatic rings. The van der Waals surface area contributed by atoms with Crippen LogP contribution < -0.4 is 0 Å². The van der Waals surface area contributed by atoms with E-state index in [2.05, 4.69) is 42.2 Å². The number of allylic oxidation sites excluding steroid dienone is 7. The van der Waals surface area contributed by atoms with Crippen LogP contribution in [0.3, 0.4) is 0 Å². The highest BCUT2D eigenvalue weighted by molar-refractivity contribution is 6.03. The van der Waals surface area contributed by atoms with Crippen LogP contribution in [0.2, 0.25) is 0 Å². The van der Waals surface area contributed by atoms with Gasteiger partial charge >= 0.3 is 12.1 Å². The summed E-state index contributed by atoms with van der Waals surface area (Å²) in [6.07, 6.45) is 5.07. The molecule has 0 amide bonds. The topological polar surface area (TPSA) is 77.3 Å². The van der Waals surface area contributed by atoms with Gasteiger partial charge in [0.25, 0.3) is 0 Å². The average molecular weight is 657 g/mol. The predicted octanol–water partition coefficient (Wildman–Crippen LogP) is 9.55. The third kappa shape index (κ3) is 13.7. The summed E-state index contributed by atoms with van der Waals surface area (Å²) in [7, 11) is 3.05. The van der Waals surface area contributed by atoms with Crippen LogP contribution in [0.1, 0.15) is 83.9 Å². The van der Waals surface area contributed by atoms with E-state index in [1.165, 1.54) is 20.1 Å². The second-order valence-electron chi connectivity index (χ2n) is 12.1. The minimum Gasteiger partial charge on any atom is -0.500 e. The summed E-state index contributed by atoms with van der Waals surface area (Å²) in [4.78, 5) is 31.5. The lowest BCUT2D eigenvalue weighted by Crippen LogP contribution is -2.27. The first-order chi connectivity index (χ1) is 21.9. The maximum Gasteiger partial charge on any atom is 0.401 e. The van der Waals surface area contributed by atoms with E-state index in [1.807, 2.05) is 39.1 Å². The fourth-order valence-corrected chi connectivity index (χ4v) is 4.77. The van der Waals surface area contributed by atoms with Crippen molar-refractivity contribution in [3.63, 3.8) is 0 Å². The number of esters is 1. The van der Waals surface area contributed by atoms with Gasteiger partial charge in [0.05, 0.1) is 13.7 Å². The normalized spacial score (nSPS) is 16.0. The van der Waals surface area contributed by atoms with Gasteiger partial charge in [0.15, 0.2) is 0 Å². The molecule has 0 saturated heterocycles. The van der Waals surface area contributed by atoms with Gasteiger partial charge < -0.3 is 9.47 Å². The fraction of sp³-hybridized carbons (Fsp3) is 0.474. The summed E-state index contributed by atoms with van der Waals surface area (Å²) in [5, 5.41) is 0. The maximum absolute atomic E-state index is 12.6. The molecule has 1 atom stereocenters. The molecule has 1 aromatic carbocycles. The Morgan fingerprint density at radius 1 is 1.13 bits per heavy atom. The first-order valence-corrected chi connectivity index (χ1v) is 15.6. The highest BCUT2D eigenvalue weighted by Gasteiger charge is 2.66. The average Bonchev–Trinajstić information content (AvgIpc) is 3.79. The Morgan fingerprint density at radius 3 is 2.21 bits per heavy atom. The largest absolute Gasteiger partial charge is 0.500 e. The lowest BCUT2D eigenvalue weighted by molar-refractivity contribution is -0.184. The number of Topliss-reactive ketones (excluding diaryl/α,β-unsaturated/α-hetero) is 1. The summed E-state index contributed by atoms with van der Waals surface area (Å²) < 4.78 is 47.8. The summed E-state index contributed by atoms with van der Waals surface area (Å²) in [6, 6.07) is 6.08. The van der Waals surface area contributed by atoms with Crippen molar-refractivity contribution in [3.8, 4) is 0 Å². The standard InChI is InChI=1S/C28H38N2O3.C10H13F3O/c1-9-25(27-11-10-26(17-22(5)31)20(3)15-27)18-30-21(4)16-28(23(6)29-8)14-19(2)12-13-33-24(7)32;1-7(2)6-8(14-3)9(4-5-9)10(11,12)13/h9-11,14-15,18-19H,1,12-13,16-17H2,2-8H3;6H,1,4-5H2,2-3H3/b25-18+,28-14-,29-23?,30-21?;8-6-. The minimum atomic E-state index is -4.22. The number of halogens is 3. The number of alkyl halides is 3. The van der Waals surface area contributed by atoms with E-state index in [4.69, 9.17) is 9.47 Å². The predicted molar refractivity (Wildman–Crippen MR) is 187 cm³/mol. The Bertz CT molecular complexity index is 1440. The van der Waals surface area contributed by atoms with Crippen molar-refractivity contribution in [1.29, 1.82) is 0 Å². The van der Waals surface area contributed by atoms with Gasteiger partial charge in [-0.15, -0.1) is 0 Å². The lowest BCUT2D eigenvalue weighted by Gasteiger charge is -2.21. The number of hydrogen-bond donors (Lipinski definition) is 0. The van der Waals surface area contributed by atoms with Gasteiger partial charge in [-0.2, -0.15) is 13.2 Å². The SMILES string of the molecule is C=C(C)/C=C(\OC)C1(C(F)(F)F)CC1.C=C/C(=C\N=C(C)C/C(=C/C(C)CCOC(C)=O)C(C)=NC)c1ccc(CC(C)=O)c(C)c1. The van der Waals surface area contributed by atoms with Crippen molar-refractivity contribution in [2.24, 2.45) is 21.3 Å². The summed E-state index contributed by atoms with van der Waals surface area (Å²) in [5.74, 6) is 0.132. The molecule has 1 aliphatic rings. The van der Waals surface area contributed by atoms with Crippen LogP contribution in [0.4, 0.5) is 13.2 Å². The molecule has 47 heavy (non-hydrogen) atoms. The quantitative estimate of drug-likeness (QED) is 0.0816. The van der Waals surface area contributed by atoms with E-state index in [0.717, 1.165) is 45.7 Å². The molecule has 1 aliphatic carbocycles. The Morgan fingerprint density at radius 2 is 1.77 bits per heavy atom. The Hall–Kier alpha value is -4.01. The number of methoxy groups -OCH3 is 1. The molecular weight excluding hydrogens is 605 g/mol. The van der Waals surface area contributed by atoms with Gasteiger partial charge in [-0.05, 0) is 93.7 Å². The molecule has 1 unspecified atom stereocenters. The van der Waals surface area contributed by atoms with Crippen LogP contribution in [0.5, 0.6) is 0 Å². The van der Waals surface area contributed by atoms with Crippen LogP contribution in [0.15, 0.2) is 82.7 Å². The molecule has 2 rings (SSSR count). The van der Waals surface area contributed by atoms with Crippen molar-refractivity contribution in [1.82, 2.24) is 0 Å². The molecule has 1 saturated carbocycles. The van der Waals surface area contributed by atoms with Gasteiger partial charge in [-0.3, -0.25) is 19.6 Å². The van der Waals surface area contributed by atoms with Gasteiger partial charge in [-0.1, -0.05) is 56.0 Å². The van der Waals surface area contributed by atoms with Crippen LogP contribution in [0.25, 0.3) is 5.57 Å². The number of nitrogens with zero attached hydrogens (tertiary/aromatic N) is 2. The van der Waals surface area contributed by atoms with E-state index in [9.17, 15) is 22.8 Å². The van der Waals surface area contributed by atoms with E-state index < -0.39 is 11.6 Å². The highest BCUT2D eigenvalue weighted by atomic mass is 19.4. The third-order valence-corrected chi connectivity index (χ3v) is 7.73. The number of aliphatic imine (C=N–C) groups is 2. The molecule has 0 aliphatic heterocycles. The van der Waals surface area contributed by atoms with E-state index >= 15 is 0 Å². The van der Waals surface area contributed by atoms with Crippen LogP contribution in [-0.4, -0.2) is 50.1 Å². The minimum absolute atomic E-state index is 0.0162. The van der Waals surface area contributed by atoms with Gasteiger partial charge in [-0.25, -0.2) is 0 Å². The third-order valence-electron chi connectivity index (χ3n) is 7.73. The van der Waals surface area contributed by atoms with Crippen LogP contribution >= 0.6 is 0 Å². The molecule has 1 fully saturated rings. The smallest absolute Gasteiger partial charge is 0.401 e. The zero-order chi connectivity index (χ0) is 35.9. The molecule has 258 valence electrons. The molecule has 0 spiro atoms. The number of aryl methyl sites for hydroxylation is 1. The number of ketones is 1. The van der Waals surface area contributed by atoms with E-state index in [0.29, 0.717) is 25.0 Å². The van der Waals surface area contributed by atoms with Gasteiger partial charge in [0.1, 0.15) is 17.0 Å².